The molecule has 0 atom stereocenters. The molecule has 0 radical (unpaired) electrons. The van der Waals surface area contributed by atoms with Crippen LogP contribution in [0.3, 0.4) is 0 Å². The van der Waals surface area contributed by atoms with Crippen LogP contribution in [0.25, 0.3) is 0 Å². The number of aromatic nitrogens is 2. The molecule has 0 saturated heterocycles. The Bertz CT molecular complexity index is 169. The highest BCUT2D eigenvalue weighted by molar-refractivity contribution is 7.97. The molecular formula is C6H8N2S. The number of rotatable bonds is 3. The molecule has 1 heterocycles. The van der Waals surface area contributed by atoms with E-state index in [1.165, 1.54) is 0 Å². The van der Waals surface area contributed by atoms with Crippen molar-refractivity contribution in [2.24, 2.45) is 0 Å². The summed E-state index contributed by atoms with van der Waals surface area (Å²) in [6.07, 6.45) is 5.52. The first-order valence-corrected chi connectivity index (χ1v) is 3.61. The average Bonchev–Trinajstić information content (AvgIpc) is 2.34. The van der Waals surface area contributed by atoms with Gasteiger partial charge in [-0.15, -0.1) is 6.58 Å². The highest BCUT2D eigenvalue weighted by atomic mass is 32.2. The third-order valence-corrected chi connectivity index (χ3v) is 1.67. The Morgan fingerprint density at radius 3 is 3.22 bits per heavy atom. The van der Waals surface area contributed by atoms with E-state index in [-0.39, 0.29) is 0 Å². The zero-order chi connectivity index (χ0) is 6.53. The van der Waals surface area contributed by atoms with Gasteiger partial charge in [0.05, 0.1) is 0 Å². The molecule has 2 nitrogen and oxygen atoms in total. The van der Waals surface area contributed by atoms with E-state index in [4.69, 9.17) is 0 Å². The number of nitrogens with zero attached hydrogens (tertiary/aromatic N) is 2. The van der Waals surface area contributed by atoms with Gasteiger partial charge in [-0.3, -0.25) is 0 Å². The lowest BCUT2D eigenvalue weighted by atomic mass is 10.8. The van der Waals surface area contributed by atoms with E-state index in [9.17, 15) is 0 Å². The van der Waals surface area contributed by atoms with Gasteiger partial charge in [0.25, 0.3) is 0 Å². The summed E-state index contributed by atoms with van der Waals surface area (Å²) in [6.45, 7) is 3.60. The van der Waals surface area contributed by atoms with E-state index >= 15 is 0 Å². The summed E-state index contributed by atoms with van der Waals surface area (Å²) in [5.41, 5.74) is 0. The van der Waals surface area contributed by atoms with Crippen molar-refractivity contribution in [1.82, 2.24) is 9.19 Å². The van der Waals surface area contributed by atoms with E-state index in [0.717, 1.165) is 5.75 Å². The molecule has 1 rings (SSSR count). The number of hydrogen-bond acceptors (Lipinski definition) is 2. The molecule has 9 heavy (non-hydrogen) atoms. The predicted octanol–water partition coefficient (Wildman–Crippen LogP) is 1.57. The van der Waals surface area contributed by atoms with E-state index in [1.54, 1.807) is 18.1 Å². The highest BCUT2D eigenvalue weighted by Gasteiger charge is 1.84. The molecule has 3 heteroatoms. The lowest BCUT2D eigenvalue weighted by Gasteiger charge is -1.92. The number of hydrogen-bond donors (Lipinski definition) is 0. The van der Waals surface area contributed by atoms with Gasteiger partial charge in [-0.2, -0.15) is 5.10 Å². The third-order valence-electron chi connectivity index (χ3n) is 0.805. The monoisotopic (exact) mass is 140 g/mol. The van der Waals surface area contributed by atoms with Gasteiger partial charge in [-0.05, 0) is 18.0 Å². The second kappa shape index (κ2) is 3.35. The zero-order valence-corrected chi connectivity index (χ0v) is 5.84. The van der Waals surface area contributed by atoms with Crippen molar-refractivity contribution in [2.45, 2.75) is 0 Å². The molecule has 0 unspecified atom stereocenters. The summed E-state index contributed by atoms with van der Waals surface area (Å²) in [7, 11) is 0. The minimum atomic E-state index is 0.904. The minimum Gasteiger partial charge on any atom is -0.214 e. The van der Waals surface area contributed by atoms with Crippen LogP contribution in [-0.4, -0.2) is 14.9 Å². The third kappa shape index (κ3) is 1.93. The molecule has 0 saturated carbocycles. The second-order valence-corrected chi connectivity index (χ2v) is 2.46. The SMILES string of the molecule is C=CCSn1cccn1. The van der Waals surface area contributed by atoms with Gasteiger partial charge in [0.15, 0.2) is 0 Å². The van der Waals surface area contributed by atoms with Crippen LogP contribution in [0.4, 0.5) is 0 Å². The molecule has 1 aromatic rings. The van der Waals surface area contributed by atoms with Crippen molar-refractivity contribution in [3.8, 4) is 0 Å². The van der Waals surface area contributed by atoms with E-state index in [0.29, 0.717) is 0 Å². The molecule has 1 aromatic heterocycles. The molecule has 0 aliphatic heterocycles. The van der Waals surface area contributed by atoms with Crippen molar-refractivity contribution >= 4 is 11.9 Å². The first-order chi connectivity index (χ1) is 4.43. The molecule has 0 aromatic carbocycles. The first-order valence-electron chi connectivity index (χ1n) is 2.67. The highest BCUT2D eigenvalue weighted by Crippen LogP contribution is 2.01. The Kier molecular flexibility index (Phi) is 2.39. The van der Waals surface area contributed by atoms with Crippen molar-refractivity contribution in [3.63, 3.8) is 0 Å². The maximum Gasteiger partial charge on any atom is 0.0500 e. The summed E-state index contributed by atoms with van der Waals surface area (Å²) in [5, 5.41) is 3.99. The Balaban J connectivity index is 2.38. The first kappa shape index (κ1) is 6.42. The van der Waals surface area contributed by atoms with Crippen molar-refractivity contribution in [1.29, 1.82) is 0 Å². The quantitative estimate of drug-likeness (QED) is 0.593. The van der Waals surface area contributed by atoms with Crippen molar-refractivity contribution in [3.05, 3.63) is 31.1 Å². The topological polar surface area (TPSA) is 17.8 Å². The van der Waals surface area contributed by atoms with Gasteiger partial charge < -0.3 is 0 Å². The van der Waals surface area contributed by atoms with Crippen LogP contribution in [0, 0.1) is 0 Å². The largest absolute Gasteiger partial charge is 0.214 e. The van der Waals surface area contributed by atoms with Gasteiger partial charge in [0, 0.05) is 18.1 Å². The summed E-state index contributed by atoms with van der Waals surface area (Å²) in [4.78, 5) is 0. The summed E-state index contributed by atoms with van der Waals surface area (Å²) >= 11 is 1.61. The van der Waals surface area contributed by atoms with Gasteiger partial charge in [0.2, 0.25) is 0 Å². The van der Waals surface area contributed by atoms with Crippen LogP contribution < -0.4 is 0 Å². The van der Waals surface area contributed by atoms with Crippen LogP contribution in [0.2, 0.25) is 0 Å². The maximum absolute atomic E-state index is 3.99. The van der Waals surface area contributed by atoms with Gasteiger partial charge in [-0.25, -0.2) is 4.09 Å². The van der Waals surface area contributed by atoms with Crippen LogP contribution >= 0.6 is 11.9 Å². The Morgan fingerprint density at radius 1 is 1.78 bits per heavy atom. The fraction of sp³-hybridized carbons (Fsp3) is 0.167. The smallest absolute Gasteiger partial charge is 0.0500 e. The Labute approximate surface area is 58.7 Å². The second-order valence-electron chi connectivity index (χ2n) is 1.49. The van der Waals surface area contributed by atoms with Crippen LogP contribution in [0.1, 0.15) is 0 Å². The Hall–Kier alpha value is -0.700. The fourth-order valence-corrected chi connectivity index (χ4v) is 0.996. The molecule has 0 fully saturated rings. The van der Waals surface area contributed by atoms with Gasteiger partial charge in [-0.1, -0.05) is 6.08 Å². The summed E-state index contributed by atoms with van der Waals surface area (Å²) in [5.74, 6) is 0.904. The van der Waals surface area contributed by atoms with Crippen molar-refractivity contribution in [2.75, 3.05) is 5.75 Å². The molecule has 0 N–H and O–H groups in total. The fourth-order valence-electron chi connectivity index (χ4n) is 0.460. The molecule has 48 valence electrons. The van der Waals surface area contributed by atoms with E-state index < -0.39 is 0 Å². The molecule has 0 aliphatic carbocycles. The molecule has 0 aliphatic rings. The Morgan fingerprint density at radius 2 is 2.67 bits per heavy atom. The van der Waals surface area contributed by atoms with Gasteiger partial charge >= 0.3 is 0 Å². The van der Waals surface area contributed by atoms with Gasteiger partial charge in [0.1, 0.15) is 0 Å². The van der Waals surface area contributed by atoms with Crippen LogP contribution in [0.5, 0.6) is 0 Å². The molecule has 0 spiro atoms. The zero-order valence-electron chi connectivity index (χ0n) is 5.03. The van der Waals surface area contributed by atoms with E-state index in [2.05, 4.69) is 11.7 Å². The lowest BCUT2D eigenvalue weighted by Crippen LogP contribution is -1.85. The van der Waals surface area contributed by atoms with E-state index in [1.807, 2.05) is 22.4 Å². The summed E-state index contributed by atoms with van der Waals surface area (Å²) < 4.78 is 1.81. The molecule has 0 bridgehead atoms. The van der Waals surface area contributed by atoms with Crippen LogP contribution in [0.15, 0.2) is 31.1 Å². The standard InChI is InChI=1S/C6H8N2S/c1-2-6-9-8-5-3-4-7-8/h2-5H,1,6H2. The average molecular weight is 140 g/mol. The minimum absolute atomic E-state index is 0.904. The van der Waals surface area contributed by atoms with Crippen molar-refractivity contribution < 1.29 is 0 Å². The predicted molar refractivity (Wildman–Crippen MR) is 40.3 cm³/mol. The molecular weight excluding hydrogens is 132 g/mol. The molecule has 0 amide bonds. The normalized spacial score (nSPS) is 9.33. The summed E-state index contributed by atoms with van der Waals surface area (Å²) in [6, 6.07) is 1.90. The van der Waals surface area contributed by atoms with Crippen LogP contribution in [-0.2, 0) is 0 Å². The lowest BCUT2D eigenvalue weighted by molar-refractivity contribution is 1.01. The maximum atomic E-state index is 3.99.